The van der Waals surface area contributed by atoms with Crippen molar-refractivity contribution in [3.8, 4) is 0 Å². The lowest BCUT2D eigenvalue weighted by Gasteiger charge is -2.31. The van der Waals surface area contributed by atoms with E-state index < -0.39 is 0 Å². The maximum atomic E-state index is 5.78. The summed E-state index contributed by atoms with van der Waals surface area (Å²) in [5, 5.41) is 8.72. The van der Waals surface area contributed by atoms with Gasteiger partial charge in [-0.1, -0.05) is 19.8 Å². The highest BCUT2D eigenvalue weighted by Gasteiger charge is 2.38. The third kappa shape index (κ3) is 2.10. The molecule has 1 saturated carbocycles. The Balaban J connectivity index is 2.51. The van der Waals surface area contributed by atoms with E-state index >= 15 is 0 Å². The SMILES string of the molecule is CC1(c2nnc(CN)n2C(C)(C)C)CCCC1. The highest BCUT2D eigenvalue weighted by molar-refractivity contribution is 5.14. The summed E-state index contributed by atoms with van der Waals surface area (Å²) < 4.78 is 2.25. The van der Waals surface area contributed by atoms with Gasteiger partial charge >= 0.3 is 0 Å². The van der Waals surface area contributed by atoms with Crippen LogP contribution in [-0.2, 0) is 17.5 Å². The van der Waals surface area contributed by atoms with Gasteiger partial charge < -0.3 is 10.3 Å². The maximum absolute atomic E-state index is 5.78. The summed E-state index contributed by atoms with van der Waals surface area (Å²) in [6.45, 7) is 9.35. The van der Waals surface area contributed by atoms with Gasteiger partial charge in [-0.15, -0.1) is 10.2 Å². The van der Waals surface area contributed by atoms with E-state index in [1.807, 2.05) is 0 Å². The molecule has 1 aliphatic carbocycles. The predicted octanol–water partition coefficient (Wildman–Crippen LogP) is 2.32. The second kappa shape index (κ2) is 4.09. The van der Waals surface area contributed by atoms with E-state index in [1.54, 1.807) is 0 Å². The standard InChI is InChI=1S/C13H24N4/c1-12(2,3)17-10(9-14)15-16-11(17)13(4)7-5-6-8-13/h5-9,14H2,1-4H3. The van der Waals surface area contributed by atoms with E-state index in [-0.39, 0.29) is 11.0 Å². The quantitative estimate of drug-likeness (QED) is 0.857. The first kappa shape index (κ1) is 12.6. The molecule has 4 heteroatoms. The van der Waals surface area contributed by atoms with Gasteiger partial charge in [0.15, 0.2) is 0 Å². The van der Waals surface area contributed by atoms with Crippen LogP contribution >= 0.6 is 0 Å². The van der Waals surface area contributed by atoms with Crippen molar-refractivity contribution >= 4 is 0 Å². The first-order chi connectivity index (χ1) is 7.88. The fourth-order valence-electron chi connectivity index (χ4n) is 2.92. The molecule has 0 amide bonds. The van der Waals surface area contributed by atoms with E-state index in [9.17, 15) is 0 Å². The second-order valence-corrected chi connectivity index (χ2v) is 6.42. The largest absolute Gasteiger partial charge is 0.324 e. The van der Waals surface area contributed by atoms with Crippen LogP contribution in [-0.4, -0.2) is 14.8 Å². The molecular weight excluding hydrogens is 212 g/mol. The van der Waals surface area contributed by atoms with Gasteiger partial charge in [-0.3, -0.25) is 0 Å². The molecule has 1 fully saturated rings. The molecule has 0 bridgehead atoms. The molecule has 0 unspecified atom stereocenters. The Kier molecular flexibility index (Phi) is 3.02. The van der Waals surface area contributed by atoms with Crippen molar-refractivity contribution in [3.63, 3.8) is 0 Å². The fourth-order valence-corrected chi connectivity index (χ4v) is 2.92. The molecule has 96 valence electrons. The zero-order valence-corrected chi connectivity index (χ0v) is 11.5. The van der Waals surface area contributed by atoms with Crippen LogP contribution in [0.2, 0.25) is 0 Å². The highest BCUT2D eigenvalue weighted by Crippen LogP contribution is 2.41. The molecule has 4 nitrogen and oxygen atoms in total. The molecule has 0 aliphatic heterocycles. The normalized spacial score (nSPS) is 19.8. The molecule has 0 saturated heterocycles. The van der Waals surface area contributed by atoms with Crippen molar-refractivity contribution in [1.29, 1.82) is 0 Å². The summed E-state index contributed by atoms with van der Waals surface area (Å²) in [7, 11) is 0. The molecule has 1 heterocycles. The number of nitrogens with two attached hydrogens (primary N) is 1. The van der Waals surface area contributed by atoms with Crippen molar-refractivity contribution in [3.05, 3.63) is 11.6 Å². The van der Waals surface area contributed by atoms with Crippen LogP contribution in [0.4, 0.5) is 0 Å². The topological polar surface area (TPSA) is 56.7 Å². The van der Waals surface area contributed by atoms with Gasteiger partial charge in [0.25, 0.3) is 0 Å². The van der Waals surface area contributed by atoms with Crippen molar-refractivity contribution in [1.82, 2.24) is 14.8 Å². The fraction of sp³-hybridized carbons (Fsp3) is 0.846. The van der Waals surface area contributed by atoms with E-state index in [4.69, 9.17) is 5.73 Å². The molecule has 1 aromatic rings. The van der Waals surface area contributed by atoms with Crippen LogP contribution in [0.1, 0.15) is 65.0 Å². The van der Waals surface area contributed by atoms with E-state index in [0.717, 1.165) is 11.6 Å². The summed E-state index contributed by atoms with van der Waals surface area (Å²) in [6, 6.07) is 0. The zero-order chi connectivity index (χ0) is 12.7. The van der Waals surface area contributed by atoms with Crippen LogP contribution in [0, 0.1) is 0 Å². The molecule has 2 N–H and O–H groups in total. The lowest BCUT2D eigenvalue weighted by molar-refractivity contribution is 0.328. The summed E-state index contributed by atoms with van der Waals surface area (Å²) in [5.74, 6) is 2.03. The van der Waals surface area contributed by atoms with Crippen molar-refractivity contribution < 1.29 is 0 Å². The van der Waals surface area contributed by atoms with E-state index in [1.165, 1.54) is 25.7 Å². The Morgan fingerprint density at radius 1 is 1.24 bits per heavy atom. The lowest BCUT2D eigenvalue weighted by atomic mass is 9.87. The first-order valence-electron chi connectivity index (χ1n) is 6.54. The van der Waals surface area contributed by atoms with Gasteiger partial charge in [-0.2, -0.15) is 0 Å². The van der Waals surface area contributed by atoms with Crippen LogP contribution in [0.15, 0.2) is 0 Å². The predicted molar refractivity (Wildman–Crippen MR) is 68.7 cm³/mol. The summed E-state index contributed by atoms with van der Waals surface area (Å²) in [6.07, 6.45) is 5.02. The number of hydrogen-bond acceptors (Lipinski definition) is 3. The number of hydrogen-bond donors (Lipinski definition) is 1. The Bertz CT molecular complexity index is 394. The minimum Gasteiger partial charge on any atom is -0.324 e. The van der Waals surface area contributed by atoms with Crippen LogP contribution in [0.5, 0.6) is 0 Å². The molecule has 2 rings (SSSR count). The monoisotopic (exact) mass is 236 g/mol. The third-order valence-corrected chi connectivity index (χ3v) is 3.83. The molecule has 0 aromatic carbocycles. The third-order valence-electron chi connectivity index (χ3n) is 3.83. The molecule has 0 radical (unpaired) electrons. The lowest BCUT2D eigenvalue weighted by Crippen LogP contribution is -2.33. The number of aromatic nitrogens is 3. The molecule has 0 atom stereocenters. The Morgan fingerprint density at radius 3 is 2.29 bits per heavy atom. The molecule has 1 aromatic heterocycles. The minimum atomic E-state index is -0.000856. The highest BCUT2D eigenvalue weighted by atomic mass is 15.3. The maximum Gasteiger partial charge on any atom is 0.147 e. The van der Waals surface area contributed by atoms with E-state index in [0.29, 0.717) is 6.54 Å². The summed E-state index contributed by atoms with van der Waals surface area (Å²) in [4.78, 5) is 0. The smallest absolute Gasteiger partial charge is 0.147 e. The number of rotatable bonds is 2. The van der Waals surface area contributed by atoms with Gasteiger partial charge in [0.05, 0.1) is 6.54 Å². The van der Waals surface area contributed by atoms with Crippen LogP contribution in [0.3, 0.4) is 0 Å². The zero-order valence-electron chi connectivity index (χ0n) is 11.5. The van der Waals surface area contributed by atoms with Crippen molar-refractivity contribution in [2.24, 2.45) is 5.73 Å². The van der Waals surface area contributed by atoms with Crippen molar-refractivity contribution in [2.45, 2.75) is 70.9 Å². The first-order valence-corrected chi connectivity index (χ1v) is 6.54. The van der Waals surface area contributed by atoms with E-state index in [2.05, 4.69) is 42.5 Å². The van der Waals surface area contributed by atoms with Crippen LogP contribution in [0.25, 0.3) is 0 Å². The van der Waals surface area contributed by atoms with Crippen LogP contribution < -0.4 is 5.73 Å². The average molecular weight is 236 g/mol. The Hall–Kier alpha value is -0.900. The molecule has 0 spiro atoms. The van der Waals surface area contributed by atoms with Gasteiger partial charge in [-0.05, 0) is 33.6 Å². The van der Waals surface area contributed by atoms with Gasteiger partial charge in [0, 0.05) is 11.0 Å². The number of nitrogens with zero attached hydrogens (tertiary/aromatic N) is 3. The minimum absolute atomic E-state index is 0.000856. The molecular formula is C13H24N4. The van der Waals surface area contributed by atoms with Crippen molar-refractivity contribution in [2.75, 3.05) is 0 Å². The van der Waals surface area contributed by atoms with Gasteiger partial charge in [0.1, 0.15) is 11.6 Å². The molecule has 17 heavy (non-hydrogen) atoms. The summed E-state index contributed by atoms with van der Waals surface area (Å²) >= 11 is 0. The van der Waals surface area contributed by atoms with Gasteiger partial charge in [-0.25, -0.2) is 0 Å². The average Bonchev–Trinajstić information content (AvgIpc) is 2.82. The Morgan fingerprint density at radius 2 is 1.82 bits per heavy atom. The van der Waals surface area contributed by atoms with Gasteiger partial charge in [0.2, 0.25) is 0 Å². The molecule has 1 aliphatic rings. The summed E-state index contributed by atoms with van der Waals surface area (Å²) in [5.41, 5.74) is 5.97. The second-order valence-electron chi connectivity index (χ2n) is 6.42. The Labute approximate surface area is 104 Å².